The maximum absolute atomic E-state index is 5.74. The molecule has 0 aromatic heterocycles. The highest BCUT2D eigenvalue weighted by Crippen LogP contribution is 2.24. The minimum atomic E-state index is -0.0434. The molecule has 0 radical (unpaired) electrons. The van der Waals surface area contributed by atoms with Crippen LogP contribution in [0.3, 0.4) is 0 Å². The maximum Gasteiger partial charge on any atom is 0.197 e. The maximum atomic E-state index is 5.74. The zero-order valence-corrected chi connectivity index (χ0v) is 7.66. The van der Waals surface area contributed by atoms with Gasteiger partial charge in [0.25, 0.3) is 0 Å². The smallest absolute Gasteiger partial charge is 0.197 e. The predicted molar refractivity (Wildman–Crippen MR) is 50.3 cm³/mol. The fourth-order valence-electron chi connectivity index (χ4n) is 0.633. The van der Waals surface area contributed by atoms with E-state index in [1.807, 2.05) is 6.07 Å². The summed E-state index contributed by atoms with van der Waals surface area (Å²) in [6, 6.07) is 7.06. The summed E-state index contributed by atoms with van der Waals surface area (Å²) in [5, 5.41) is 0.534. The van der Waals surface area contributed by atoms with Crippen LogP contribution in [-0.2, 0) is 0 Å². The second-order valence-electron chi connectivity index (χ2n) is 1.80. The molecular formula is C7H4Cl3N. The van der Waals surface area contributed by atoms with Crippen LogP contribution in [0, 0.1) is 0 Å². The number of nitrogens with zero attached hydrogens (tertiary/aromatic N) is 1. The Morgan fingerprint density at radius 3 is 2.36 bits per heavy atom. The molecule has 1 nitrogen and oxygen atoms in total. The van der Waals surface area contributed by atoms with Gasteiger partial charge in [0.05, 0.1) is 10.7 Å². The van der Waals surface area contributed by atoms with Crippen LogP contribution in [0.15, 0.2) is 29.3 Å². The van der Waals surface area contributed by atoms with Gasteiger partial charge in [-0.2, -0.15) is 0 Å². The van der Waals surface area contributed by atoms with Crippen LogP contribution in [0.4, 0.5) is 5.69 Å². The van der Waals surface area contributed by atoms with E-state index in [4.69, 9.17) is 34.8 Å². The van der Waals surface area contributed by atoms with Crippen molar-refractivity contribution in [1.29, 1.82) is 0 Å². The van der Waals surface area contributed by atoms with Crippen LogP contribution in [0.2, 0.25) is 5.02 Å². The predicted octanol–water partition coefficient (Wildman–Crippen LogP) is 3.81. The molecule has 0 saturated heterocycles. The summed E-state index contributed by atoms with van der Waals surface area (Å²) in [7, 11) is 0. The van der Waals surface area contributed by atoms with Crippen molar-refractivity contribution >= 4 is 45.1 Å². The van der Waals surface area contributed by atoms with Gasteiger partial charge in [0.1, 0.15) is 0 Å². The summed E-state index contributed by atoms with van der Waals surface area (Å²) in [4.78, 5) is 3.77. The zero-order valence-electron chi connectivity index (χ0n) is 5.39. The number of halogens is 3. The number of para-hydroxylation sites is 1. The third kappa shape index (κ3) is 2.70. The van der Waals surface area contributed by atoms with E-state index in [0.29, 0.717) is 10.7 Å². The summed E-state index contributed by atoms with van der Waals surface area (Å²) < 4.78 is -0.0434. The van der Waals surface area contributed by atoms with Gasteiger partial charge in [0.15, 0.2) is 4.63 Å². The molecule has 58 valence electrons. The van der Waals surface area contributed by atoms with Crippen molar-refractivity contribution in [3.05, 3.63) is 29.3 Å². The van der Waals surface area contributed by atoms with Gasteiger partial charge in [0, 0.05) is 0 Å². The first-order valence-corrected chi connectivity index (χ1v) is 3.98. The lowest BCUT2D eigenvalue weighted by Crippen LogP contribution is -1.71. The molecule has 0 aliphatic heterocycles. The standard InChI is InChI=1S/C7H4Cl3N/c8-5-3-1-2-4-6(5)11-7(9)10/h1-4H. The molecule has 1 aromatic rings. The van der Waals surface area contributed by atoms with E-state index in [1.165, 1.54) is 0 Å². The highest BCUT2D eigenvalue weighted by atomic mass is 35.5. The summed E-state index contributed by atoms with van der Waals surface area (Å²) in [5.41, 5.74) is 0.578. The van der Waals surface area contributed by atoms with Crippen molar-refractivity contribution in [2.45, 2.75) is 0 Å². The molecular weight excluding hydrogens is 204 g/mol. The van der Waals surface area contributed by atoms with Crippen molar-refractivity contribution in [3.63, 3.8) is 0 Å². The second-order valence-corrected chi connectivity index (χ2v) is 3.12. The van der Waals surface area contributed by atoms with E-state index < -0.39 is 0 Å². The molecule has 1 aromatic carbocycles. The van der Waals surface area contributed by atoms with Gasteiger partial charge in [-0.3, -0.25) is 0 Å². The average Bonchev–Trinajstić information content (AvgIpc) is 1.93. The highest BCUT2D eigenvalue weighted by molar-refractivity contribution is 6.95. The SMILES string of the molecule is ClC(Cl)=Nc1ccccc1Cl. The van der Waals surface area contributed by atoms with Gasteiger partial charge in [0.2, 0.25) is 0 Å². The average molecular weight is 208 g/mol. The molecule has 0 unspecified atom stereocenters. The summed E-state index contributed by atoms with van der Waals surface area (Å²) >= 11 is 16.4. The van der Waals surface area contributed by atoms with Gasteiger partial charge in [-0.05, 0) is 35.3 Å². The highest BCUT2D eigenvalue weighted by Gasteiger charge is 1.95. The molecule has 0 aliphatic rings. The van der Waals surface area contributed by atoms with Gasteiger partial charge < -0.3 is 0 Å². The van der Waals surface area contributed by atoms with Gasteiger partial charge in [-0.1, -0.05) is 23.7 Å². The quantitative estimate of drug-likeness (QED) is 0.623. The van der Waals surface area contributed by atoms with Crippen molar-refractivity contribution < 1.29 is 0 Å². The van der Waals surface area contributed by atoms with Crippen molar-refractivity contribution in [1.82, 2.24) is 0 Å². The Labute approximate surface area is 79.6 Å². The Kier molecular flexibility index (Phi) is 3.18. The van der Waals surface area contributed by atoms with E-state index in [0.717, 1.165) is 0 Å². The first-order chi connectivity index (χ1) is 5.20. The molecule has 0 N–H and O–H groups in total. The van der Waals surface area contributed by atoms with E-state index in [1.54, 1.807) is 18.2 Å². The summed E-state index contributed by atoms with van der Waals surface area (Å²) in [6.07, 6.45) is 0. The van der Waals surface area contributed by atoms with Crippen molar-refractivity contribution in [2.75, 3.05) is 0 Å². The molecule has 0 heterocycles. The van der Waals surface area contributed by atoms with Gasteiger partial charge >= 0.3 is 0 Å². The van der Waals surface area contributed by atoms with Crippen LogP contribution >= 0.6 is 34.8 Å². The Bertz CT molecular complexity index is 279. The molecule has 0 spiro atoms. The van der Waals surface area contributed by atoms with E-state index in [2.05, 4.69) is 4.99 Å². The minimum Gasteiger partial charge on any atom is -0.224 e. The van der Waals surface area contributed by atoms with Crippen LogP contribution in [0.5, 0.6) is 0 Å². The molecule has 0 saturated carbocycles. The molecule has 0 aliphatic carbocycles. The first-order valence-electron chi connectivity index (χ1n) is 2.84. The molecule has 4 heteroatoms. The topological polar surface area (TPSA) is 12.4 Å². The fraction of sp³-hybridized carbons (Fsp3) is 0. The summed E-state index contributed by atoms with van der Waals surface area (Å²) in [5.74, 6) is 0. The van der Waals surface area contributed by atoms with Gasteiger partial charge in [-0.25, -0.2) is 4.99 Å². The van der Waals surface area contributed by atoms with E-state index in [9.17, 15) is 0 Å². The van der Waals surface area contributed by atoms with E-state index in [-0.39, 0.29) is 4.63 Å². The zero-order chi connectivity index (χ0) is 8.27. The Hall–Kier alpha value is -0.240. The van der Waals surface area contributed by atoms with Crippen molar-refractivity contribution in [3.8, 4) is 0 Å². The number of benzene rings is 1. The number of rotatable bonds is 1. The Morgan fingerprint density at radius 1 is 1.18 bits per heavy atom. The summed E-state index contributed by atoms with van der Waals surface area (Å²) in [6.45, 7) is 0. The van der Waals surface area contributed by atoms with Crippen LogP contribution < -0.4 is 0 Å². The number of hydrogen-bond donors (Lipinski definition) is 0. The van der Waals surface area contributed by atoms with E-state index >= 15 is 0 Å². The largest absolute Gasteiger partial charge is 0.224 e. The van der Waals surface area contributed by atoms with Crippen LogP contribution in [-0.4, -0.2) is 4.63 Å². The van der Waals surface area contributed by atoms with Crippen LogP contribution in [0.25, 0.3) is 0 Å². The minimum absolute atomic E-state index is 0.0434. The Morgan fingerprint density at radius 2 is 1.82 bits per heavy atom. The lowest BCUT2D eigenvalue weighted by molar-refractivity contribution is 1.54. The second kappa shape index (κ2) is 3.96. The molecule has 0 atom stereocenters. The van der Waals surface area contributed by atoms with Crippen molar-refractivity contribution in [2.24, 2.45) is 4.99 Å². The van der Waals surface area contributed by atoms with Gasteiger partial charge in [-0.15, -0.1) is 0 Å². The normalized spacial score (nSPS) is 9.36. The lowest BCUT2D eigenvalue weighted by atomic mass is 10.3. The number of hydrogen-bond acceptors (Lipinski definition) is 1. The molecule has 0 bridgehead atoms. The third-order valence-electron chi connectivity index (χ3n) is 1.06. The third-order valence-corrected chi connectivity index (χ3v) is 1.55. The molecule has 11 heavy (non-hydrogen) atoms. The molecule has 0 fully saturated rings. The molecule has 1 rings (SSSR count). The fourth-order valence-corrected chi connectivity index (χ4v) is 0.994. The number of aliphatic imine (C=N–C) groups is 1. The first kappa shape index (κ1) is 8.85. The Balaban J connectivity index is 3.04. The lowest BCUT2D eigenvalue weighted by Gasteiger charge is -1.94. The van der Waals surface area contributed by atoms with Crippen LogP contribution in [0.1, 0.15) is 0 Å². The molecule has 0 amide bonds. The monoisotopic (exact) mass is 207 g/mol.